The Morgan fingerprint density at radius 1 is 1.21 bits per heavy atom. The summed E-state index contributed by atoms with van der Waals surface area (Å²) in [7, 11) is 1.65. The second-order valence-corrected chi connectivity index (χ2v) is 4.83. The summed E-state index contributed by atoms with van der Waals surface area (Å²) < 4.78 is 5.34. The molecule has 1 saturated carbocycles. The zero-order valence-electron chi connectivity index (χ0n) is 10.8. The van der Waals surface area contributed by atoms with Crippen molar-refractivity contribution in [2.75, 3.05) is 7.11 Å². The molecule has 1 heterocycles. The summed E-state index contributed by atoms with van der Waals surface area (Å²) in [4.78, 5) is 4.48. The van der Waals surface area contributed by atoms with Gasteiger partial charge in [0.05, 0.1) is 24.3 Å². The Kier molecular flexibility index (Phi) is 2.72. The van der Waals surface area contributed by atoms with Crippen LogP contribution in [0.5, 0.6) is 5.75 Å². The van der Waals surface area contributed by atoms with Crippen molar-refractivity contribution in [1.82, 2.24) is 4.98 Å². The van der Waals surface area contributed by atoms with Gasteiger partial charge >= 0.3 is 0 Å². The van der Waals surface area contributed by atoms with Gasteiger partial charge in [-0.15, -0.1) is 0 Å². The number of rotatable bonds is 3. The predicted molar refractivity (Wildman–Crippen MR) is 72.8 cm³/mol. The second kappa shape index (κ2) is 4.40. The average Bonchev–Trinajstić information content (AvgIpc) is 3.28. The van der Waals surface area contributed by atoms with Gasteiger partial charge in [-0.25, -0.2) is 0 Å². The maximum Gasteiger partial charge on any atom is 0.128 e. The topological polar surface area (TPSA) is 45.9 Å². The quantitative estimate of drug-likeness (QED) is 0.839. The van der Waals surface area contributed by atoms with Crippen LogP contribution in [0.25, 0.3) is 11.3 Å². The summed E-state index contributed by atoms with van der Waals surface area (Å²) in [6.07, 6.45) is 3.70. The molecule has 0 spiro atoms. The van der Waals surface area contributed by atoms with Gasteiger partial charge in [0.25, 0.3) is 0 Å². The van der Waals surface area contributed by atoms with Crippen molar-refractivity contribution in [2.24, 2.45) is 0 Å². The number of nitrogens with zero attached hydrogens (tertiary/aromatic N) is 2. The summed E-state index contributed by atoms with van der Waals surface area (Å²) >= 11 is 0. The van der Waals surface area contributed by atoms with Crippen LogP contribution in [0.1, 0.15) is 18.4 Å². The minimum absolute atomic E-state index is 0.272. The molecule has 3 rings (SSSR count). The maximum atomic E-state index is 9.18. The third-order valence-corrected chi connectivity index (χ3v) is 3.66. The molecule has 3 nitrogen and oxygen atoms in total. The van der Waals surface area contributed by atoms with E-state index in [4.69, 9.17) is 4.74 Å². The summed E-state index contributed by atoms with van der Waals surface area (Å²) in [5.74, 6) is 0.809. The number of pyridine rings is 1. The lowest BCUT2D eigenvalue weighted by atomic mass is 9.99. The van der Waals surface area contributed by atoms with Crippen molar-refractivity contribution >= 4 is 0 Å². The molecule has 0 unspecified atom stereocenters. The summed E-state index contributed by atoms with van der Waals surface area (Å²) in [5.41, 5.74) is 2.59. The highest BCUT2D eigenvalue weighted by atomic mass is 16.5. The van der Waals surface area contributed by atoms with E-state index in [-0.39, 0.29) is 5.41 Å². The van der Waals surface area contributed by atoms with E-state index in [1.807, 2.05) is 42.6 Å². The van der Waals surface area contributed by atoms with Crippen molar-refractivity contribution in [3.05, 3.63) is 48.2 Å². The number of para-hydroxylation sites is 1. The molecule has 1 aliphatic rings. The van der Waals surface area contributed by atoms with Crippen LogP contribution in [0.15, 0.2) is 42.6 Å². The van der Waals surface area contributed by atoms with Gasteiger partial charge < -0.3 is 4.74 Å². The molecule has 0 aliphatic heterocycles. The molecule has 0 N–H and O–H groups in total. The molecule has 0 bridgehead atoms. The fourth-order valence-corrected chi connectivity index (χ4v) is 2.28. The van der Waals surface area contributed by atoms with Crippen LogP contribution in [-0.4, -0.2) is 12.1 Å². The molecule has 1 aliphatic carbocycles. The highest BCUT2D eigenvalue weighted by molar-refractivity contribution is 5.67. The van der Waals surface area contributed by atoms with Gasteiger partial charge in [-0.3, -0.25) is 4.98 Å². The normalized spacial score (nSPS) is 15.6. The van der Waals surface area contributed by atoms with Crippen LogP contribution in [0.3, 0.4) is 0 Å². The number of nitriles is 1. The largest absolute Gasteiger partial charge is 0.496 e. The molecule has 19 heavy (non-hydrogen) atoms. The summed E-state index contributed by atoms with van der Waals surface area (Å²) in [6.45, 7) is 0. The van der Waals surface area contributed by atoms with E-state index in [0.29, 0.717) is 0 Å². The molecular formula is C16H14N2O. The fraction of sp³-hybridized carbons (Fsp3) is 0.250. The number of methoxy groups -OCH3 is 1. The van der Waals surface area contributed by atoms with E-state index in [1.165, 1.54) is 0 Å². The van der Waals surface area contributed by atoms with Crippen molar-refractivity contribution in [3.8, 4) is 23.1 Å². The number of hydrogen-bond acceptors (Lipinski definition) is 3. The van der Waals surface area contributed by atoms with Gasteiger partial charge in [0, 0.05) is 11.8 Å². The van der Waals surface area contributed by atoms with Gasteiger partial charge in [-0.1, -0.05) is 18.2 Å². The first-order valence-electron chi connectivity index (χ1n) is 6.30. The SMILES string of the molecule is COc1ccccc1-c1ccc(C2(C#N)CC2)cn1. The first kappa shape index (κ1) is 11.7. The smallest absolute Gasteiger partial charge is 0.128 e. The van der Waals surface area contributed by atoms with Crippen molar-refractivity contribution < 1.29 is 4.74 Å². The highest BCUT2D eigenvalue weighted by Gasteiger charge is 2.45. The van der Waals surface area contributed by atoms with Gasteiger partial charge in [0.2, 0.25) is 0 Å². The van der Waals surface area contributed by atoms with Crippen LogP contribution in [0, 0.1) is 11.3 Å². The van der Waals surface area contributed by atoms with Crippen molar-refractivity contribution in [1.29, 1.82) is 5.26 Å². The van der Waals surface area contributed by atoms with Gasteiger partial charge in [-0.2, -0.15) is 5.26 Å². The molecule has 94 valence electrons. The maximum absolute atomic E-state index is 9.18. The minimum atomic E-state index is -0.272. The van der Waals surface area contributed by atoms with Gasteiger partial charge in [0.15, 0.2) is 0 Å². The first-order valence-corrected chi connectivity index (χ1v) is 6.30. The molecule has 1 fully saturated rings. The Hall–Kier alpha value is -2.34. The van der Waals surface area contributed by atoms with Crippen molar-refractivity contribution in [2.45, 2.75) is 18.3 Å². The molecule has 0 saturated heterocycles. The summed E-state index contributed by atoms with van der Waals surface area (Å²) in [6, 6.07) is 14.2. The third-order valence-electron chi connectivity index (χ3n) is 3.66. The van der Waals surface area contributed by atoms with E-state index in [2.05, 4.69) is 11.1 Å². The Morgan fingerprint density at radius 3 is 2.58 bits per heavy atom. The molecular weight excluding hydrogens is 236 g/mol. The number of hydrogen-bond donors (Lipinski definition) is 0. The molecule has 1 aromatic heterocycles. The first-order chi connectivity index (χ1) is 9.29. The molecule has 3 heteroatoms. The summed E-state index contributed by atoms with van der Waals surface area (Å²) in [5, 5.41) is 9.18. The predicted octanol–water partition coefficient (Wildman–Crippen LogP) is 3.31. The molecule has 0 amide bonds. The third kappa shape index (κ3) is 1.96. The van der Waals surface area contributed by atoms with Crippen LogP contribution in [0.4, 0.5) is 0 Å². The van der Waals surface area contributed by atoms with E-state index >= 15 is 0 Å². The van der Waals surface area contributed by atoms with E-state index in [1.54, 1.807) is 7.11 Å². The number of benzene rings is 1. The van der Waals surface area contributed by atoms with E-state index in [0.717, 1.165) is 35.4 Å². The lowest BCUT2D eigenvalue weighted by Crippen LogP contribution is -2.03. The van der Waals surface area contributed by atoms with Crippen LogP contribution in [-0.2, 0) is 5.41 Å². The average molecular weight is 250 g/mol. The molecule has 0 radical (unpaired) electrons. The Labute approximate surface area is 112 Å². The highest BCUT2D eigenvalue weighted by Crippen LogP contribution is 2.47. The van der Waals surface area contributed by atoms with Gasteiger partial charge in [-0.05, 0) is 36.6 Å². The van der Waals surface area contributed by atoms with Crippen molar-refractivity contribution in [3.63, 3.8) is 0 Å². The van der Waals surface area contributed by atoms with Crippen LogP contribution < -0.4 is 4.74 Å². The Morgan fingerprint density at radius 2 is 2.00 bits per heavy atom. The minimum Gasteiger partial charge on any atom is -0.496 e. The number of aromatic nitrogens is 1. The molecule has 1 aromatic carbocycles. The zero-order chi connectivity index (χ0) is 13.3. The Bertz CT molecular complexity index is 637. The lowest BCUT2D eigenvalue weighted by molar-refractivity contribution is 0.416. The van der Waals surface area contributed by atoms with Gasteiger partial charge in [0.1, 0.15) is 5.75 Å². The monoisotopic (exact) mass is 250 g/mol. The van der Waals surface area contributed by atoms with E-state index < -0.39 is 0 Å². The van der Waals surface area contributed by atoms with E-state index in [9.17, 15) is 5.26 Å². The fourth-order valence-electron chi connectivity index (χ4n) is 2.28. The molecule has 2 aromatic rings. The zero-order valence-corrected chi connectivity index (χ0v) is 10.8. The standard InChI is InChI=1S/C16H14N2O/c1-19-15-5-3-2-4-13(15)14-7-6-12(10-18-14)16(11-17)8-9-16/h2-7,10H,8-9H2,1H3. The van der Waals surface area contributed by atoms with Crippen LogP contribution >= 0.6 is 0 Å². The molecule has 0 atom stereocenters. The second-order valence-electron chi connectivity index (χ2n) is 4.83. The van der Waals surface area contributed by atoms with Crippen LogP contribution in [0.2, 0.25) is 0 Å². The number of ether oxygens (including phenoxy) is 1. The Balaban J connectivity index is 1.97. The lowest BCUT2D eigenvalue weighted by Gasteiger charge is -2.09.